The molecule has 1 aliphatic rings. The van der Waals surface area contributed by atoms with Crippen LogP contribution in [0.25, 0.3) is 0 Å². The lowest BCUT2D eigenvalue weighted by atomic mass is 10.0. The van der Waals surface area contributed by atoms with Crippen LogP contribution < -0.4 is 19.1 Å². The topological polar surface area (TPSA) is 105 Å². The summed E-state index contributed by atoms with van der Waals surface area (Å²) in [6.45, 7) is 2.98. The number of nitrogens with one attached hydrogen (secondary N) is 1. The number of hydrogen-bond acceptors (Lipinski definition) is 6. The summed E-state index contributed by atoms with van der Waals surface area (Å²) in [6, 6.07) is 21.5. The number of hydrogen-bond donors (Lipinski definition) is 1. The standard InChI is InChI=1S/C32H38BrN3O6S/c1-3-4-17-34-32(38)28(20-24-10-6-5-7-11-24)35(22-25-12-8-13-26(33)19-25)31(37)14-9-18-36(43(2,39)40)27-15-16-29-30(21-27)42-23-41-29/h5-8,10-13,15-16,19,21,28H,3-4,9,14,17-18,20,22-23H2,1-2H3,(H,34,38). The van der Waals surface area contributed by atoms with Crippen LogP contribution in [0.3, 0.4) is 0 Å². The van der Waals surface area contributed by atoms with Gasteiger partial charge in [0.05, 0.1) is 11.9 Å². The SMILES string of the molecule is CCCCNC(=O)C(Cc1ccccc1)N(Cc1cccc(Br)c1)C(=O)CCCN(c1ccc2c(c1)OCO2)S(C)(=O)=O. The van der Waals surface area contributed by atoms with Crippen LogP contribution in [-0.4, -0.2) is 57.3 Å². The van der Waals surface area contributed by atoms with E-state index in [1.54, 1.807) is 23.1 Å². The highest BCUT2D eigenvalue weighted by Gasteiger charge is 2.30. The van der Waals surface area contributed by atoms with Crippen molar-refractivity contribution in [3.05, 3.63) is 88.4 Å². The van der Waals surface area contributed by atoms with Crippen molar-refractivity contribution in [2.45, 2.75) is 51.6 Å². The van der Waals surface area contributed by atoms with E-state index in [0.717, 1.165) is 34.7 Å². The lowest BCUT2D eigenvalue weighted by molar-refractivity contribution is -0.141. The van der Waals surface area contributed by atoms with Crippen LogP contribution >= 0.6 is 15.9 Å². The summed E-state index contributed by atoms with van der Waals surface area (Å²) >= 11 is 3.51. The van der Waals surface area contributed by atoms with Gasteiger partial charge in [0.2, 0.25) is 28.6 Å². The lowest BCUT2D eigenvalue weighted by Crippen LogP contribution is -2.50. The highest BCUT2D eigenvalue weighted by molar-refractivity contribution is 9.10. The number of ether oxygens (including phenoxy) is 2. The molecule has 0 fully saturated rings. The molecule has 43 heavy (non-hydrogen) atoms. The fourth-order valence-electron chi connectivity index (χ4n) is 4.94. The monoisotopic (exact) mass is 671 g/mol. The van der Waals surface area contributed by atoms with Gasteiger partial charge in [0, 0.05) is 43.0 Å². The molecule has 3 aromatic carbocycles. The van der Waals surface area contributed by atoms with Crippen molar-refractivity contribution in [3.63, 3.8) is 0 Å². The Bertz CT molecular complexity index is 1500. The molecule has 230 valence electrons. The number of amides is 2. The van der Waals surface area contributed by atoms with Gasteiger partial charge >= 0.3 is 0 Å². The Kier molecular flexibility index (Phi) is 11.5. The third-order valence-corrected chi connectivity index (χ3v) is 8.83. The van der Waals surface area contributed by atoms with Gasteiger partial charge in [-0.25, -0.2) is 8.42 Å². The predicted octanol–water partition coefficient (Wildman–Crippen LogP) is 5.28. The molecule has 11 heteroatoms. The summed E-state index contributed by atoms with van der Waals surface area (Å²) in [5, 5.41) is 3.02. The third kappa shape index (κ3) is 9.21. The second kappa shape index (κ2) is 15.2. The fraction of sp³-hybridized carbons (Fsp3) is 0.375. The first-order valence-corrected chi connectivity index (χ1v) is 17.0. The largest absolute Gasteiger partial charge is 0.454 e. The number of sulfonamides is 1. The molecular formula is C32H38BrN3O6S. The Labute approximate surface area is 262 Å². The van der Waals surface area contributed by atoms with Crippen molar-refractivity contribution in [2.24, 2.45) is 0 Å². The number of rotatable bonds is 15. The average molecular weight is 673 g/mol. The van der Waals surface area contributed by atoms with Crippen molar-refractivity contribution >= 4 is 43.5 Å². The Morgan fingerprint density at radius 3 is 2.42 bits per heavy atom. The summed E-state index contributed by atoms with van der Waals surface area (Å²) in [6.07, 6.45) is 3.57. The van der Waals surface area contributed by atoms with Crippen molar-refractivity contribution in [1.29, 1.82) is 0 Å². The third-order valence-electron chi connectivity index (χ3n) is 7.14. The molecule has 9 nitrogen and oxygen atoms in total. The van der Waals surface area contributed by atoms with E-state index in [1.165, 1.54) is 4.31 Å². The first-order valence-electron chi connectivity index (χ1n) is 14.4. The van der Waals surface area contributed by atoms with Crippen LogP contribution in [0.5, 0.6) is 11.5 Å². The summed E-state index contributed by atoms with van der Waals surface area (Å²) in [7, 11) is -3.65. The maximum atomic E-state index is 13.9. The van der Waals surface area contributed by atoms with Gasteiger partial charge in [-0.15, -0.1) is 0 Å². The molecule has 1 atom stereocenters. The van der Waals surface area contributed by atoms with E-state index in [2.05, 4.69) is 28.2 Å². The molecule has 0 spiro atoms. The average Bonchev–Trinajstić information content (AvgIpc) is 3.45. The van der Waals surface area contributed by atoms with Gasteiger partial charge in [0.1, 0.15) is 6.04 Å². The Morgan fingerprint density at radius 1 is 0.953 bits per heavy atom. The summed E-state index contributed by atoms with van der Waals surface area (Å²) in [4.78, 5) is 29.2. The minimum Gasteiger partial charge on any atom is -0.454 e. The predicted molar refractivity (Wildman–Crippen MR) is 171 cm³/mol. The zero-order chi connectivity index (χ0) is 30.8. The van der Waals surface area contributed by atoms with Gasteiger partial charge in [-0.2, -0.15) is 0 Å². The number of anilines is 1. The van der Waals surface area contributed by atoms with E-state index in [4.69, 9.17) is 9.47 Å². The van der Waals surface area contributed by atoms with E-state index in [0.29, 0.717) is 30.2 Å². The van der Waals surface area contributed by atoms with E-state index in [1.807, 2.05) is 54.6 Å². The number of benzene rings is 3. The van der Waals surface area contributed by atoms with Gasteiger partial charge in [-0.05, 0) is 48.2 Å². The summed E-state index contributed by atoms with van der Waals surface area (Å²) in [5.74, 6) is 0.585. The molecule has 0 bridgehead atoms. The zero-order valence-electron chi connectivity index (χ0n) is 24.5. The maximum Gasteiger partial charge on any atom is 0.243 e. The van der Waals surface area contributed by atoms with Crippen LogP contribution in [0, 0.1) is 0 Å². The smallest absolute Gasteiger partial charge is 0.243 e. The quantitative estimate of drug-likeness (QED) is 0.221. The van der Waals surface area contributed by atoms with E-state index >= 15 is 0 Å². The number of carbonyl (C=O) groups is 2. The molecule has 0 aliphatic carbocycles. The molecule has 0 radical (unpaired) electrons. The number of fused-ring (bicyclic) bond motifs is 1. The molecule has 0 saturated carbocycles. The maximum absolute atomic E-state index is 13.9. The summed E-state index contributed by atoms with van der Waals surface area (Å²) in [5.41, 5.74) is 2.25. The molecule has 1 heterocycles. The van der Waals surface area contributed by atoms with E-state index in [9.17, 15) is 18.0 Å². The molecule has 2 amide bonds. The highest BCUT2D eigenvalue weighted by atomic mass is 79.9. The minimum absolute atomic E-state index is 0.0537. The molecular weight excluding hydrogens is 634 g/mol. The minimum atomic E-state index is -3.65. The van der Waals surface area contributed by atoms with Crippen LogP contribution in [0.15, 0.2) is 77.3 Å². The normalized spacial score (nSPS) is 12.9. The highest BCUT2D eigenvalue weighted by Crippen LogP contribution is 2.36. The van der Waals surface area contributed by atoms with Crippen LogP contribution in [0.1, 0.15) is 43.7 Å². The number of carbonyl (C=O) groups excluding carboxylic acids is 2. The number of unbranched alkanes of at least 4 members (excludes halogenated alkanes) is 1. The molecule has 3 aromatic rings. The Hall–Kier alpha value is -3.57. The van der Waals surface area contributed by atoms with Gasteiger partial charge in [0.25, 0.3) is 0 Å². The number of halogens is 1. The van der Waals surface area contributed by atoms with Gasteiger partial charge in [-0.1, -0.05) is 71.7 Å². The van der Waals surface area contributed by atoms with Crippen molar-refractivity contribution in [2.75, 3.05) is 30.4 Å². The van der Waals surface area contributed by atoms with Gasteiger partial charge < -0.3 is 19.7 Å². The van der Waals surface area contributed by atoms with E-state index in [-0.39, 0.29) is 44.5 Å². The summed E-state index contributed by atoms with van der Waals surface area (Å²) < 4.78 is 38.4. The molecule has 1 N–H and O–H groups in total. The van der Waals surface area contributed by atoms with Crippen LogP contribution in [0.2, 0.25) is 0 Å². The fourth-order valence-corrected chi connectivity index (χ4v) is 6.34. The first kappa shape index (κ1) is 32.3. The van der Waals surface area contributed by atoms with Crippen molar-refractivity contribution in [1.82, 2.24) is 10.2 Å². The molecule has 0 aromatic heterocycles. The molecule has 0 saturated heterocycles. The van der Waals surface area contributed by atoms with Crippen LogP contribution in [-0.2, 0) is 32.6 Å². The van der Waals surface area contributed by atoms with Gasteiger partial charge in [-0.3, -0.25) is 13.9 Å². The second-order valence-electron chi connectivity index (χ2n) is 10.5. The van der Waals surface area contributed by atoms with Gasteiger partial charge in [0.15, 0.2) is 11.5 Å². The lowest BCUT2D eigenvalue weighted by Gasteiger charge is -2.32. The van der Waals surface area contributed by atoms with E-state index < -0.39 is 16.1 Å². The van der Waals surface area contributed by atoms with Crippen molar-refractivity contribution < 1.29 is 27.5 Å². The molecule has 4 rings (SSSR count). The first-order chi connectivity index (χ1) is 20.7. The molecule has 1 unspecified atom stereocenters. The molecule has 1 aliphatic heterocycles. The second-order valence-corrected chi connectivity index (χ2v) is 13.3. The Morgan fingerprint density at radius 2 is 1.70 bits per heavy atom. The Balaban J connectivity index is 1.56. The van der Waals surface area contributed by atoms with Crippen molar-refractivity contribution in [3.8, 4) is 11.5 Å². The zero-order valence-corrected chi connectivity index (χ0v) is 26.9. The number of nitrogens with zero attached hydrogens (tertiary/aromatic N) is 2. The van der Waals surface area contributed by atoms with Crippen LogP contribution in [0.4, 0.5) is 5.69 Å².